The molecule has 0 atom stereocenters. The van der Waals surface area contributed by atoms with Gasteiger partial charge < -0.3 is 10.2 Å². The Kier molecular flexibility index (Phi) is 6.73. The third kappa shape index (κ3) is 4.97. The number of nitrogens with zero attached hydrogens (tertiary/aromatic N) is 5. The molecule has 0 fully saturated rings. The number of carbonyl (C=O) groups excluding carboxylic acids is 1. The van der Waals surface area contributed by atoms with Crippen LogP contribution in [0.5, 0.6) is 0 Å². The topological polar surface area (TPSA) is 75.4 Å². The Morgan fingerprint density at radius 2 is 1.94 bits per heavy atom. The smallest absolute Gasteiger partial charge is 0.220 e. The van der Waals surface area contributed by atoms with Crippen LogP contribution in [0.2, 0.25) is 0 Å². The van der Waals surface area contributed by atoms with E-state index in [-0.39, 0.29) is 5.91 Å². The molecule has 0 bridgehead atoms. The first-order valence-electron chi connectivity index (χ1n) is 12.2. The molecule has 1 amide bonds. The summed E-state index contributed by atoms with van der Waals surface area (Å²) in [4.78, 5) is 23.7. The average Bonchev–Trinajstić information content (AvgIpc) is 3.26. The number of hydrogen-bond donors (Lipinski definition) is 1. The maximum Gasteiger partial charge on any atom is 0.220 e. The summed E-state index contributed by atoms with van der Waals surface area (Å²) in [5.41, 5.74) is 7.74. The summed E-state index contributed by atoms with van der Waals surface area (Å²) in [6.07, 6.45) is 4.93. The zero-order valence-electron chi connectivity index (χ0n) is 20.9. The van der Waals surface area contributed by atoms with Crippen LogP contribution in [0, 0.1) is 6.92 Å². The number of nitrogens with one attached hydrogen (secondary N) is 1. The second-order valence-electron chi connectivity index (χ2n) is 9.28. The Balaban J connectivity index is 1.50. The van der Waals surface area contributed by atoms with Crippen LogP contribution in [-0.4, -0.2) is 57.6 Å². The predicted molar refractivity (Wildman–Crippen MR) is 144 cm³/mol. The molecule has 5 aromatic rings. The normalized spacial score (nSPS) is 11.4. The van der Waals surface area contributed by atoms with E-state index in [1.165, 1.54) is 0 Å². The molecular weight excluding hydrogens is 448 g/mol. The number of fused-ring (bicyclic) bond motifs is 2. The molecular formula is C29H30N6O. The molecule has 0 unspecified atom stereocenters. The number of aryl methyl sites for hydroxylation is 2. The summed E-state index contributed by atoms with van der Waals surface area (Å²) < 4.78 is 1.91. The van der Waals surface area contributed by atoms with Gasteiger partial charge in [-0.15, -0.1) is 0 Å². The lowest BCUT2D eigenvalue weighted by Gasteiger charge is -2.11. The predicted octanol–water partition coefficient (Wildman–Crippen LogP) is 4.53. The Morgan fingerprint density at radius 3 is 2.78 bits per heavy atom. The molecule has 4 aromatic heterocycles. The molecule has 7 heteroatoms. The highest BCUT2D eigenvalue weighted by molar-refractivity contribution is 6.03. The van der Waals surface area contributed by atoms with Crippen molar-refractivity contribution in [2.24, 2.45) is 0 Å². The third-order valence-corrected chi connectivity index (χ3v) is 6.27. The van der Waals surface area contributed by atoms with Gasteiger partial charge in [0.2, 0.25) is 5.91 Å². The summed E-state index contributed by atoms with van der Waals surface area (Å²) >= 11 is 0. The number of carbonyl (C=O) groups is 1. The van der Waals surface area contributed by atoms with Crippen LogP contribution in [-0.2, 0) is 11.2 Å². The number of hydrogen-bond acceptors (Lipinski definition) is 5. The van der Waals surface area contributed by atoms with Crippen molar-refractivity contribution in [1.82, 2.24) is 29.8 Å². The molecule has 0 aliphatic carbocycles. The zero-order valence-corrected chi connectivity index (χ0v) is 20.9. The van der Waals surface area contributed by atoms with Gasteiger partial charge in [0.15, 0.2) is 0 Å². The lowest BCUT2D eigenvalue weighted by Crippen LogP contribution is -2.31. The first-order valence-corrected chi connectivity index (χ1v) is 12.2. The van der Waals surface area contributed by atoms with E-state index in [4.69, 9.17) is 10.1 Å². The van der Waals surface area contributed by atoms with Crippen LogP contribution in [0.3, 0.4) is 0 Å². The molecule has 1 aromatic carbocycles. The number of amides is 1. The Hall–Kier alpha value is -4.10. The van der Waals surface area contributed by atoms with Crippen LogP contribution in [0.4, 0.5) is 0 Å². The van der Waals surface area contributed by atoms with E-state index in [1.54, 1.807) is 0 Å². The van der Waals surface area contributed by atoms with Crippen molar-refractivity contribution in [3.05, 3.63) is 84.3 Å². The summed E-state index contributed by atoms with van der Waals surface area (Å²) in [6, 6.07) is 20.4. The summed E-state index contributed by atoms with van der Waals surface area (Å²) in [6.45, 7) is 3.48. The van der Waals surface area contributed by atoms with E-state index in [0.29, 0.717) is 19.4 Å². The maximum atomic E-state index is 12.2. The van der Waals surface area contributed by atoms with Gasteiger partial charge >= 0.3 is 0 Å². The number of benzene rings is 1. The number of rotatable bonds is 8. The van der Waals surface area contributed by atoms with Crippen LogP contribution < -0.4 is 5.32 Å². The van der Waals surface area contributed by atoms with Gasteiger partial charge in [0.05, 0.1) is 16.7 Å². The zero-order chi connectivity index (χ0) is 25.1. The minimum Gasteiger partial charge on any atom is -0.355 e. The van der Waals surface area contributed by atoms with Crippen molar-refractivity contribution < 1.29 is 4.79 Å². The van der Waals surface area contributed by atoms with E-state index >= 15 is 0 Å². The largest absolute Gasteiger partial charge is 0.355 e. The van der Waals surface area contributed by atoms with Crippen molar-refractivity contribution in [2.45, 2.75) is 19.8 Å². The van der Waals surface area contributed by atoms with Gasteiger partial charge in [-0.25, -0.2) is 4.52 Å². The molecule has 0 saturated carbocycles. The average molecular weight is 479 g/mol. The van der Waals surface area contributed by atoms with Crippen molar-refractivity contribution in [1.29, 1.82) is 0 Å². The Bertz CT molecular complexity index is 1540. The molecule has 7 nitrogen and oxygen atoms in total. The van der Waals surface area contributed by atoms with E-state index < -0.39 is 0 Å². The van der Waals surface area contributed by atoms with Crippen LogP contribution in [0.25, 0.3) is 38.9 Å². The minimum absolute atomic E-state index is 0.0697. The van der Waals surface area contributed by atoms with Gasteiger partial charge in [0.1, 0.15) is 5.69 Å². The quantitative estimate of drug-likeness (QED) is 0.355. The fourth-order valence-electron chi connectivity index (χ4n) is 4.45. The molecule has 4 heterocycles. The first-order chi connectivity index (χ1) is 17.5. The molecule has 0 spiro atoms. The summed E-state index contributed by atoms with van der Waals surface area (Å²) in [5, 5.41) is 8.92. The van der Waals surface area contributed by atoms with Gasteiger partial charge in [-0.3, -0.25) is 14.8 Å². The van der Waals surface area contributed by atoms with Crippen molar-refractivity contribution in [3.63, 3.8) is 0 Å². The van der Waals surface area contributed by atoms with Crippen LogP contribution in [0.1, 0.15) is 17.7 Å². The molecule has 1 N–H and O–H groups in total. The SMILES string of the molecule is Cc1cccc(-c2nn3ccccc3c2-c2ccnc3cc(CCC(=O)NCCN(C)C)ccc23)n1. The lowest BCUT2D eigenvalue weighted by molar-refractivity contribution is -0.121. The fraction of sp³-hybridized carbons (Fsp3) is 0.241. The summed E-state index contributed by atoms with van der Waals surface area (Å²) in [7, 11) is 3.99. The van der Waals surface area contributed by atoms with E-state index in [9.17, 15) is 4.79 Å². The standard InChI is InChI=1S/C29H30N6O/c1-20-7-6-8-24(32-20)29-28(26-9-4-5-17-35(26)33-29)23-14-15-30-25-19-21(10-12-22(23)25)11-13-27(36)31-16-18-34(2)3/h4-10,12,14-15,17,19H,11,13,16,18H2,1-3H3,(H,31,36). The molecule has 182 valence electrons. The van der Waals surface area contributed by atoms with Crippen molar-refractivity contribution in [2.75, 3.05) is 27.2 Å². The molecule has 5 rings (SSSR count). The second-order valence-corrected chi connectivity index (χ2v) is 9.28. The second kappa shape index (κ2) is 10.3. The third-order valence-electron chi connectivity index (χ3n) is 6.27. The van der Waals surface area contributed by atoms with Crippen molar-refractivity contribution >= 4 is 22.3 Å². The van der Waals surface area contributed by atoms with Gasteiger partial charge in [-0.2, -0.15) is 5.10 Å². The molecule has 36 heavy (non-hydrogen) atoms. The highest BCUT2D eigenvalue weighted by Crippen LogP contribution is 2.38. The highest BCUT2D eigenvalue weighted by atomic mass is 16.1. The molecule has 0 aliphatic rings. The lowest BCUT2D eigenvalue weighted by atomic mass is 9.97. The Labute approximate surface area is 210 Å². The van der Waals surface area contributed by atoms with E-state index in [1.807, 2.05) is 74.3 Å². The molecule has 0 aliphatic heterocycles. The van der Waals surface area contributed by atoms with E-state index in [0.717, 1.165) is 56.7 Å². The summed E-state index contributed by atoms with van der Waals surface area (Å²) in [5.74, 6) is 0.0697. The number of aromatic nitrogens is 4. The molecule has 0 saturated heterocycles. The fourth-order valence-corrected chi connectivity index (χ4v) is 4.45. The van der Waals surface area contributed by atoms with Gasteiger partial charge in [0, 0.05) is 48.5 Å². The van der Waals surface area contributed by atoms with Gasteiger partial charge in [-0.1, -0.05) is 24.3 Å². The maximum absolute atomic E-state index is 12.2. The minimum atomic E-state index is 0.0697. The molecule has 0 radical (unpaired) electrons. The Morgan fingerprint density at radius 1 is 1.06 bits per heavy atom. The first kappa shape index (κ1) is 23.6. The highest BCUT2D eigenvalue weighted by Gasteiger charge is 2.19. The number of pyridine rings is 3. The van der Waals surface area contributed by atoms with E-state index in [2.05, 4.69) is 39.5 Å². The van der Waals surface area contributed by atoms with Gasteiger partial charge in [-0.05, 0) is 75.0 Å². The number of likely N-dealkylation sites (N-methyl/N-ethyl adjacent to an activating group) is 1. The monoisotopic (exact) mass is 478 g/mol. The van der Waals surface area contributed by atoms with Crippen LogP contribution >= 0.6 is 0 Å². The van der Waals surface area contributed by atoms with Gasteiger partial charge in [0.25, 0.3) is 0 Å². The van der Waals surface area contributed by atoms with Crippen LogP contribution in [0.15, 0.2) is 73.1 Å². The van der Waals surface area contributed by atoms with Crippen molar-refractivity contribution in [3.8, 4) is 22.5 Å².